The van der Waals surface area contributed by atoms with E-state index in [2.05, 4.69) is 36.1 Å². The highest BCUT2D eigenvalue weighted by atomic mass is 15.2. The molecule has 2 aromatic rings. The van der Waals surface area contributed by atoms with Crippen LogP contribution >= 0.6 is 0 Å². The fraction of sp³-hybridized carbons (Fsp3) is 0.438. The van der Waals surface area contributed by atoms with Gasteiger partial charge in [0.1, 0.15) is 5.82 Å². The number of hydrogen-bond acceptors (Lipinski definition) is 3. The van der Waals surface area contributed by atoms with Crippen molar-refractivity contribution >= 4 is 16.7 Å². The van der Waals surface area contributed by atoms with Gasteiger partial charge in [0.15, 0.2) is 0 Å². The summed E-state index contributed by atoms with van der Waals surface area (Å²) in [5.74, 6) is 1.15. The SMILES string of the molecule is Cc1ccc2cc(CCN)c(N3CCCC3)nc2c1. The average Bonchev–Trinajstić information content (AvgIpc) is 2.92. The minimum absolute atomic E-state index is 0.680. The fourth-order valence-corrected chi connectivity index (χ4v) is 2.85. The highest BCUT2D eigenvalue weighted by Gasteiger charge is 2.17. The van der Waals surface area contributed by atoms with E-state index in [-0.39, 0.29) is 0 Å². The van der Waals surface area contributed by atoms with Crippen LogP contribution in [0.5, 0.6) is 0 Å². The molecule has 0 amide bonds. The summed E-state index contributed by atoms with van der Waals surface area (Å²) in [4.78, 5) is 7.32. The van der Waals surface area contributed by atoms with Crippen molar-refractivity contribution in [1.29, 1.82) is 0 Å². The first kappa shape index (κ1) is 12.4. The Balaban J connectivity index is 2.12. The zero-order valence-electron chi connectivity index (χ0n) is 11.5. The molecule has 1 fully saturated rings. The van der Waals surface area contributed by atoms with Crippen molar-refractivity contribution in [3.8, 4) is 0 Å². The van der Waals surface area contributed by atoms with Gasteiger partial charge in [-0.25, -0.2) is 4.98 Å². The zero-order valence-corrected chi connectivity index (χ0v) is 11.5. The van der Waals surface area contributed by atoms with Gasteiger partial charge in [-0.15, -0.1) is 0 Å². The van der Waals surface area contributed by atoms with Gasteiger partial charge in [0.25, 0.3) is 0 Å². The molecule has 3 heteroatoms. The minimum Gasteiger partial charge on any atom is -0.356 e. The second-order valence-corrected chi connectivity index (χ2v) is 5.40. The van der Waals surface area contributed by atoms with Gasteiger partial charge in [-0.2, -0.15) is 0 Å². The van der Waals surface area contributed by atoms with Crippen molar-refractivity contribution in [2.75, 3.05) is 24.5 Å². The second-order valence-electron chi connectivity index (χ2n) is 5.40. The maximum atomic E-state index is 5.75. The average molecular weight is 255 g/mol. The quantitative estimate of drug-likeness (QED) is 0.916. The lowest BCUT2D eigenvalue weighted by atomic mass is 10.1. The zero-order chi connectivity index (χ0) is 13.2. The molecule has 2 N–H and O–H groups in total. The molecule has 0 atom stereocenters. The molecule has 0 aliphatic carbocycles. The molecule has 0 radical (unpaired) electrons. The first-order valence-corrected chi connectivity index (χ1v) is 7.13. The van der Waals surface area contributed by atoms with Gasteiger partial charge in [-0.3, -0.25) is 0 Å². The second kappa shape index (κ2) is 5.17. The number of anilines is 1. The van der Waals surface area contributed by atoms with Crippen molar-refractivity contribution in [3.63, 3.8) is 0 Å². The summed E-state index contributed by atoms with van der Waals surface area (Å²) >= 11 is 0. The van der Waals surface area contributed by atoms with E-state index >= 15 is 0 Å². The molecule has 3 nitrogen and oxygen atoms in total. The predicted octanol–water partition coefficient (Wildman–Crippen LogP) is 2.64. The Kier molecular flexibility index (Phi) is 3.38. The van der Waals surface area contributed by atoms with Crippen molar-refractivity contribution in [1.82, 2.24) is 4.98 Å². The minimum atomic E-state index is 0.680. The summed E-state index contributed by atoms with van der Waals surface area (Å²) < 4.78 is 0. The van der Waals surface area contributed by atoms with E-state index in [4.69, 9.17) is 10.7 Å². The molecule has 0 spiro atoms. The van der Waals surface area contributed by atoms with Gasteiger partial charge in [-0.1, -0.05) is 12.1 Å². The number of rotatable bonds is 3. The molecular formula is C16H21N3. The molecule has 1 aromatic heterocycles. The fourth-order valence-electron chi connectivity index (χ4n) is 2.85. The van der Waals surface area contributed by atoms with E-state index in [1.54, 1.807) is 0 Å². The summed E-state index contributed by atoms with van der Waals surface area (Å²) in [5, 5.41) is 1.22. The molecule has 0 saturated carbocycles. The number of aromatic nitrogens is 1. The lowest BCUT2D eigenvalue weighted by molar-refractivity contribution is 0.897. The van der Waals surface area contributed by atoms with Crippen molar-refractivity contribution < 1.29 is 0 Å². The largest absolute Gasteiger partial charge is 0.356 e. The Morgan fingerprint density at radius 2 is 2.00 bits per heavy atom. The first-order valence-electron chi connectivity index (χ1n) is 7.13. The molecule has 100 valence electrons. The summed E-state index contributed by atoms with van der Waals surface area (Å²) in [6.45, 7) is 5.05. The highest BCUT2D eigenvalue weighted by Crippen LogP contribution is 2.27. The molecule has 1 aliphatic heterocycles. The predicted molar refractivity (Wildman–Crippen MR) is 80.7 cm³/mol. The molecular weight excluding hydrogens is 234 g/mol. The molecule has 19 heavy (non-hydrogen) atoms. The van der Waals surface area contributed by atoms with Crippen LogP contribution < -0.4 is 10.6 Å². The van der Waals surface area contributed by atoms with Gasteiger partial charge < -0.3 is 10.6 Å². The number of pyridine rings is 1. The van der Waals surface area contributed by atoms with Gasteiger partial charge >= 0.3 is 0 Å². The number of fused-ring (bicyclic) bond motifs is 1. The third kappa shape index (κ3) is 2.43. The van der Waals surface area contributed by atoms with Crippen molar-refractivity contribution in [2.45, 2.75) is 26.2 Å². The Bertz CT molecular complexity index is 586. The lowest BCUT2D eigenvalue weighted by Gasteiger charge is -2.20. The maximum Gasteiger partial charge on any atom is 0.132 e. The maximum absolute atomic E-state index is 5.75. The Morgan fingerprint density at radius 1 is 1.21 bits per heavy atom. The summed E-state index contributed by atoms with van der Waals surface area (Å²) in [7, 11) is 0. The number of aryl methyl sites for hydroxylation is 1. The summed E-state index contributed by atoms with van der Waals surface area (Å²) in [5.41, 5.74) is 9.40. The van der Waals surface area contributed by atoms with E-state index in [1.165, 1.54) is 29.4 Å². The number of nitrogens with zero attached hydrogens (tertiary/aromatic N) is 2. The van der Waals surface area contributed by atoms with E-state index in [1.807, 2.05) is 0 Å². The normalized spacial score (nSPS) is 15.4. The molecule has 0 unspecified atom stereocenters. The van der Waals surface area contributed by atoms with Crippen LogP contribution in [0.15, 0.2) is 24.3 Å². The monoisotopic (exact) mass is 255 g/mol. The van der Waals surface area contributed by atoms with Gasteiger partial charge in [-0.05, 0) is 56.0 Å². The van der Waals surface area contributed by atoms with E-state index in [0.29, 0.717) is 6.54 Å². The van der Waals surface area contributed by atoms with E-state index in [9.17, 15) is 0 Å². The number of nitrogens with two attached hydrogens (primary N) is 1. The van der Waals surface area contributed by atoms with Crippen LogP contribution in [-0.2, 0) is 6.42 Å². The van der Waals surface area contributed by atoms with Crippen LogP contribution in [0.3, 0.4) is 0 Å². The first-order chi connectivity index (χ1) is 9.28. The molecule has 2 heterocycles. The van der Waals surface area contributed by atoms with E-state index in [0.717, 1.165) is 30.8 Å². The topological polar surface area (TPSA) is 42.1 Å². The summed E-state index contributed by atoms with van der Waals surface area (Å²) in [6.07, 6.45) is 3.45. The van der Waals surface area contributed by atoms with Crippen LogP contribution in [0.4, 0.5) is 5.82 Å². The Morgan fingerprint density at radius 3 is 2.74 bits per heavy atom. The Hall–Kier alpha value is -1.61. The van der Waals surface area contributed by atoms with Crippen molar-refractivity contribution in [2.24, 2.45) is 5.73 Å². The van der Waals surface area contributed by atoms with Crippen molar-refractivity contribution in [3.05, 3.63) is 35.4 Å². The third-order valence-electron chi connectivity index (χ3n) is 3.85. The van der Waals surface area contributed by atoms with Crippen LogP contribution in [0.25, 0.3) is 10.9 Å². The molecule has 3 rings (SSSR count). The Labute approximate surface area is 114 Å². The molecule has 0 bridgehead atoms. The third-order valence-corrected chi connectivity index (χ3v) is 3.85. The van der Waals surface area contributed by atoms with Crippen LogP contribution in [0.2, 0.25) is 0 Å². The van der Waals surface area contributed by atoms with Gasteiger partial charge in [0.05, 0.1) is 5.52 Å². The van der Waals surface area contributed by atoms with Crippen LogP contribution in [0, 0.1) is 6.92 Å². The van der Waals surface area contributed by atoms with Crippen LogP contribution in [0.1, 0.15) is 24.0 Å². The summed E-state index contributed by atoms with van der Waals surface area (Å²) in [6, 6.07) is 8.74. The highest BCUT2D eigenvalue weighted by molar-refractivity contribution is 5.82. The van der Waals surface area contributed by atoms with Gasteiger partial charge in [0.2, 0.25) is 0 Å². The molecule has 1 aliphatic rings. The smallest absolute Gasteiger partial charge is 0.132 e. The lowest BCUT2D eigenvalue weighted by Crippen LogP contribution is -2.21. The van der Waals surface area contributed by atoms with Crippen LogP contribution in [-0.4, -0.2) is 24.6 Å². The number of hydrogen-bond donors (Lipinski definition) is 1. The molecule has 1 saturated heterocycles. The molecule has 1 aromatic carbocycles. The van der Waals surface area contributed by atoms with E-state index < -0.39 is 0 Å². The standard InChI is InChI=1S/C16H21N3/c1-12-4-5-13-11-14(6-7-17)16(18-15(13)10-12)19-8-2-3-9-19/h4-5,10-11H,2-3,6-9,17H2,1H3. The van der Waals surface area contributed by atoms with Gasteiger partial charge in [0, 0.05) is 18.5 Å². The number of benzene rings is 1.